The molecule has 144 valence electrons. The van der Waals surface area contributed by atoms with Crippen LogP contribution in [-0.2, 0) is 10.0 Å². The molecular weight excluding hydrogens is 392 g/mol. The van der Waals surface area contributed by atoms with Gasteiger partial charge in [0.15, 0.2) is 0 Å². The number of nitrogens with one attached hydrogen (secondary N) is 3. The quantitative estimate of drug-likeness (QED) is 0.700. The number of aromatic nitrogens is 1. The van der Waals surface area contributed by atoms with Gasteiger partial charge in [-0.05, 0) is 37.1 Å². The van der Waals surface area contributed by atoms with E-state index in [1.165, 1.54) is 37.5 Å². The summed E-state index contributed by atoms with van der Waals surface area (Å²) in [4.78, 5) is 28.7. The highest BCUT2D eigenvalue weighted by atomic mass is 35.5. The van der Waals surface area contributed by atoms with Crippen molar-refractivity contribution in [2.45, 2.75) is 17.7 Å². The predicted molar refractivity (Wildman–Crippen MR) is 102 cm³/mol. The molecule has 0 spiro atoms. The van der Waals surface area contributed by atoms with Crippen LogP contribution in [0.4, 0.5) is 5.69 Å². The lowest BCUT2D eigenvalue weighted by molar-refractivity contribution is 0.0787. The van der Waals surface area contributed by atoms with Crippen molar-refractivity contribution in [2.24, 2.45) is 0 Å². The number of benzene rings is 1. The SMILES string of the molecule is CNC(=O)c1cc(Cl)ccc1NS(=O)(=O)c1c[nH]c(C(=O)N2CCCC2)c1. The van der Waals surface area contributed by atoms with E-state index in [0.717, 1.165) is 12.8 Å². The molecule has 1 saturated heterocycles. The number of likely N-dealkylation sites (tertiary alicyclic amines) is 1. The number of carbonyl (C=O) groups excluding carboxylic acids is 2. The van der Waals surface area contributed by atoms with Crippen molar-refractivity contribution in [2.75, 3.05) is 24.9 Å². The zero-order valence-corrected chi connectivity index (χ0v) is 16.2. The zero-order valence-electron chi connectivity index (χ0n) is 14.6. The molecule has 0 radical (unpaired) electrons. The average molecular weight is 411 g/mol. The highest BCUT2D eigenvalue weighted by Gasteiger charge is 2.24. The van der Waals surface area contributed by atoms with Crippen molar-refractivity contribution in [3.63, 3.8) is 0 Å². The maximum atomic E-state index is 12.7. The number of nitrogens with zero attached hydrogens (tertiary/aromatic N) is 1. The fourth-order valence-electron chi connectivity index (χ4n) is 2.88. The van der Waals surface area contributed by atoms with E-state index < -0.39 is 15.9 Å². The van der Waals surface area contributed by atoms with Gasteiger partial charge in [-0.3, -0.25) is 14.3 Å². The first kappa shape index (κ1) is 19.2. The van der Waals surface area contributed by atoms with Crippen molar-refractivity contribution in [3.05, 3.63) is 46.7 Å². The molecule has 1 aromatic heterocycles. The maximum Gasteiger partial charge on any atom is 0.270 e. The fraction of sp³-hybridized carbons (Fsp3) is 0.294. The Balaban J connectivity index is 1.86. The van der Waals surface area contributed by atoms with E-state index >= 15 is 0 Å². The van der Waals surface area contributed by atoms with E-state index in [-0.39, 0.29) is 27.7 Å². The van der Waals surface area contributed by atoms with Gasteiger partial charge in [0, 0.05) is 31.4 Å². The lowest BCUT2D eigenvalue weighted by Crippen LogP contribution is -2.27. The van der Waals surface area contributed by atoms with Crippen LogP contribution in [0.5, 0.6) is 0 Å². The van der Waals surface area contributed by atoms with E-state index in [0.29, 0.717) is 18.1 Å². The van der Waals surface area contributed by atoms with Gasteiger partial charge >= 0.3 is 0 Å². The minimum absolute atomic E-state index is 0.0902. The standard InChI is InChI=1S/C17H19ClN4O4S/c1-19-16(23)13-8-11(18)4-5-14(13)21-27(25,26)12-9-15(20-10-12)17(24)22-6-2-3-7-22/h4-5,8-10,20-21H,2-3,6-7H2,1H3,(H,19,23). The Hall–Kier alpha value is -2.52. The van der Waals surface area contributed by atoms with Crippen molar-refractivity contribution in [1.82, 2.24) is 15.2 Å². The molecule has 0 unspecified atom stereocenters. The first-order chi connectivity index (χ1) is 12.8. The number of anilines is 1. The van der Waals surface area contributed by atoms with Gasteiger partial charge < -0.3 is 15.2 Å². The highest BCUT2D eigenvalue weighted by Crippen LogP contribution is 2.24. The Morgan fingerprint density at radius 3 is 2.56 bits per heavy atom. The topological polar surface area (TPSA) is 111 Å². The average Bonchev–Trinajstić information content (AvgIpc) is 3.34. The summed E-state index contributed by atoms with van der Waals surface area (Å²) < 4.78 is 27.7. The number of hydrogen-bond acceptors (Lipinski definition) is 4. The van der Waals surface area contributed by atoms with Crippen LogP contribution in [0, 0.1) is 0 Å². The van der Waals surface area contributed by atoms with E-state index in [1.54, 1.807) is 4.90 Å². The smallest absolute Gasteiger partial charge is 0.270 e. The van der Waals surface area contributed by atoms with Gasteiger partial charge in [-0.25, -0.2) is 8.42 Å². The molecule has 2 heterocycles. The largest absolute Gasteiger partial charge is 0.356 e. The Labute approximate surface area is 161 Å². The summed E-state index contributed by atoms with van der Waals surface area (Å²) >= 11 is 5.90. The molecule has 0 saturated carbocycles. The number of sulfonamides is 1. The Kier molecular flexibility index (Phi) is 5.43. The van der Waals surface area contributed by atoms with E-state index in [1.807, 2.05) is 0 Å². The minimum atomic E-state index is -4.00. The molecule has 1 aliphatic heterocycles. The number of carbonyl (C=O) groups is 2. The Bertz CT molecular complexity index is 981. The third-order valence-corrected chi connectivity index (χ3v) is 5.87. The molecule has 3 N–H and O–H groups in total. The molecule has 0 atom stereocenters. The normalized spacial score (nSPS) is 14.2. The lowest BCUT2D eigenvalue weighted by Gasteiger charge is -2.13. The van der Waals surface area contributed by atoms with Crippen LogP contribution in [0.15, 0.2) is 35.4 Å². The van der Waals surface area contributed by atoms with Gasteiger partial charge in [-0.1, -0.05) is 11.6 Å². The zero-order chi connectivity index (χ0) is 19.6. The number of rotatable bonds is 5. The summed E-state index contributed by atoms with van der Waals surface area (Å²) in [5, 5.41) is 2.74. The molecule has 27 heavy (non-hydrogen) atoms. The predicted octanol–water partition coefficient (Wildman–Crippen LogP) is 2.06. The third-order valence-electron chi connectivity index (χ3n) is 4.29. The van der Waals surface area contributed by atoms with Crippen LogP contribution >= 0.6 is 11.6 Å². The molecular formula is C17H19ClN4O4S. The van der Waals surface area contributed by atoms with Gasteiger partial charge in [0.25, 0.3) is 21.8 Å². The molecule has 1 fully saturated rings. The van der Waals surface area contributed by atoms with Crippen LogP contribution in [-0.4, -0.2) is 50.3 Å². The summed E-state index contributed by atoms with van der Waals surface area (Å²) in [7, 11) is -2.57. The number of aromatic amines is 1. The molecule has 0 aliphatic carbocycles. The van der Waals surface area contributed by atoms with Gasteiger partial charge in [0.1, 0.15) is 10.6 Å². The summed E-state index contributed by atoms with van der Waals surface area (Å²) in [5.41, 5.74) is 0.393. The van der Waals surface area contributed by atoms with Crippen LogP contribution in [0.1, 0.15) is 33.7 Å². The van der Waals surface area contributed by atoms with E-state index in [9.17, 15) is 18.0 Å². The van der Waals surface area contributed by atoms with Crippen LogP contribution < -0.4 is 10.0 Å². The third kappa shape index (κ3) is 4.09. The van der Waals surface area contributed by atoms with Crippen molar-refractivity contribution in [3.8, 4) is 0 Å². The fourth-order valence-corrected chi connectivity index (χ4v) is 4.12. The summed E-state index contributed by atoms with van der Waals surface area (Å²) in [5.74, 6) is -0.708. The molecule has 8 nitrogen and oxygen atoms in total. The van der Waals surface area contributed by atoms with E-state index in [2.05, 4.69) is 15.0 Å². The van der Waals surface area contributed by atoms with Crippen molar-refractivity contribution >= 4 is 39.1 Å². The second-order valence-corrected chi connectivity index (χ2v) is 8.24. The molecule has 1 aromatic carbocycles. The van der Waals surface area contributed by atoms with Crippen molar-refractivity contribution in [1.29, 1.82) is 0 Å². The number of H-pyrrole nitrogens is 1. The molecule has 10 heteroatoms. The second kappa shape index (κ2) is 7.61. The summed E-state index contributed by atoms with van der Waals surface area (Å²) in [6, 6.07) is 5.55. The second-order valence-electron chi connectivity index (χ2n) is 6.12. The number of hydrogen-bond donors (Lipinski definition) is 3. The Morgan fingerprint density at radius 1 is 1.19 bits per heavy atom. The lowest BCUT2D eigenvalue weighted by atomic mass is 10.2. The van der Waals surface area contributed by atoms with Gasteiger partial charge in [0.05, 0.1) is 11.3 Å². The maximum absolute atomic E-state index is 12.7. The van der Waals surface area contributed by atoms with Gasteiger partial charge in [0.2, 0.25) is 0 Å². The van der Waals surface area contributed by atoms with Crippen molar-refractivity contribution < 1.29 is 18.0 Å². The molecule has 3 rings (SSSR count). The van der Waals surface area contributed by atoms with Crippen LogP contribution in [0.25, 0.3) is 0 Å². The summed E-state index contributed by atoms with van der Waals surface area (Å²) in [6.07, 6.45) is 3.14. The molecule has 2 amide bonds. The highest BCUT2D eigenvalue weighted by molar-refractivity contribution is 7.92. The van der Waals surface area contributed by atoms with Gasteiger partial charge in [-0.15, -0.1) is 0 Å². The van der Waals surface area contributed by atoms with Crippen LogP contribution in [0.2, 0.25) is 5.02 Å². The number of halogens is 1. The first-order valence-corrected chi connectivity index (χ1v) is 10.2. The minimum Gasteiger partial charge on any atom is -0.356 e. The Morgan fingerprint density at radius 2 is 1.89 bits per heavy atom. The van der Waals surface area contributed by atoms with Gasteiger partial charge in [-0.2, -0.15) is 0 Å². The van der Waals surface area contributed by atoms with E-state index in [4.69, 9.17) is 11.6 Å². The molecule has 0 bridgehead atoms. The van der Waals surface area contributed by atoms with Crippen LogP contribution in [0.3, 0.4) is 0 Å². The number of amides is 2. The monoisotopic (exact) mass is 410 g/mol. The molecule has 1 aliphatic rings. The molecule has 2 aromatic rings. The first-order valence-electron chi connectivity index (χ1n) is 8.34. The summed E-state index contributed by atoms with van der Waals surface area (Å²) in [6.45, 7) is 1.33.